The van der Waals surface area contributed by atoms with Crippen molar-refractivity contribution in [3.8, 4) is 11.5 Å². The summed E-state index contributed by atoms with van der Waals surface area (Å²) >= 11 is 0. The van der Waals surface area contributed by atoms with E-state index >= 15 is 0 Å². The number of aliphatic carboxylic acids is 1. The predicted octanol–water partition coefficient (Wildman–Crippen LogP) is 1.57. The number of fused-ring (bicyclic) bond motifs is 1. The Labute approximate surface area is 149 Å². The Hall–Kier alpha value is -3.03. The maximum Gasteiger partial charge on any atom is 0.308 e. The number of carbonyl (C=O) groups excluding carboxylic acids is 1. The molecule has 1 aromatic carbocycles. The topological polar surface area (TPSA) is 93.9 Å². The third-order valence-corrected chi connectivity index (χ3v) is 4.95. The highest BCUT2D eigenvalue weighted by molar-refractivity contribution is 5.94. The lowest BCUT2D eigenvalue weighted by Crippen LogP contribution is -2.29. The highest BCUT2D eigenvalue weighted by Crippen LogP contribution is 2.39. The summed E-state index contributed by atoms with van der Waals surface area (Å²) in [5.41, 5.74) is 1.31. The lowest BCUT2D eigenvalue weighted by molar-refractivity contribution is -0.141. The quantitative estimate of drug-likeness (QED) is 0.893. The molecule has 0 radical (unpaired) electrons. The number of carboxylic acids is 1. The lowest BCUT2D eigenvalue weighted by atomic mass is 9.89. The van der Waals surface area contributed by atoms with Crippen LogP contribution in [0, 0.1) is 5.92 Å². The Kier molecular flexibility index (Phi) is 4.02. The molecule has 8 heteroatoms. The first kappa shape index (κ1) is 16.4. The summed E-state index contributed by atoms with van der Waals surface area (Å²) in [5.74, 6) is -0.807. The number of ether oxygens (including phenoxy) is 2. The zero-order valence-corrected chi connectivity index (χ0v) is 14.3. The number of aromatic nitrogens is 2. The Morgan fingerprint density at radius 1 is 1.27 bits per heavy atom. The van der Waals surface area contributed by atoms with Crippen molar-refractivity contribution in [3.63, 3.8) is 0 Å². The van der Waals surface area contributed by atoms with E-state index in [4.69, 9.17) is 9.47 Å². The van der Waals surface area contributed by atoms with Crippen molar-refractivity contribution in [1.29, 1.82) is 0 Å². The Balaban J connectivity index is 1.59. The van der Waals surface area contributed by atoms with Gasteiger partial charge in [-0.15, -0.1) is 0 Å². The minimum atomic E-state index is -0.910. The number of rotatable bonds is 4. The molecule has 2 aliphatic heterocycles. The average molecular weight is 357 g/mol. The summed E-state index contributed by atoms with van der Waals surface area (Å²) in [7, 11) is 0. The number of hydrogen-bond acceptors (Lipinski definition) is 5. The van der Waals surface area contributed by atoms with E-state index in [2.05, 4.69) is 5.10 Å². The van der Waals surface area contributed by atoms with Crippen molar-refractivity contribution in [1.82, 2.24) is 14.7 Å². The highest BCUT2D eigenvalue weighted by atomic mass is 16.7. The number of carbonyl (C=O) groups is 2. The molecule has 8 nitrogen and oxygen atoms in total. The van der Waals surface area contributed by atoms with E-state index in [1.165, 1.54) is 6.20 Å². The molecule has 0 saturated carbocycles. The maximum absolute atomic E-state index is 12.7. The molecular weight excluding hydrogens is 338 g/mol. The maximum atomic E-state index is 12.7. The zero-order chi connectivity index (χ0) is 18.3. The van der Waals surface area contributed by atoms with Crippen LogP contribution in [-0.2, 0) is 11.3 Å². The Morgan fingerprint density at radius 2 is 2.08 bits per heavy atom. The van der Waals surface area contributed by atoms with Crippen LogP contribution in [0.4, 0.5) is 0 Å². The van der Waals surface area contributed by atoms with E-state index in [9.17, 15) is 14.7 Å². The molecule has 1 saturated heterocycles. The largest absolute Gasteiger partial charge is 0.481 e. The molecule has 1 fully saturated rings. The molecule has 2 aromatic rings. The van der Waals surface area contributed by atoms with Crippen molar-refractivity contribution >= 4 is 11.9 Å². The van der Waals surface area contributed by atoms with Gasteiger partial charge in [-0.1, -0.05) is 6.07 Å². The molecule has 0 bridgehead atoms. The smallest absolute Gasteiger partial charge is 0.308 e. The summed E-state index contributed by atoms with van der Waals surface area (Å²) in [5, 5.41) is 13.8. The summed E-state index contributed by atoms with van der Waals surface area (Å²) in [6.07, 6.45) is 3.21. The number of hydrogen-bond donors (Lipinski definition) is 1. The van der Waals surface area contributed by atoms with E-state index < -0.39 is 11.9 Å². The van der Waals surface area contributed by atoms with E-state index in [0.29, 0.717) is 30.2 Å². The second-order valence-corrected chi connectivity index (χ2v) is 6.46. The van der Waals surface area contributed by atoms with Crippen molar-refractivity contribution < 1.29 is 24.2 Å². The van der Waals surface area contributed by atoms with Gasteiger partial charge in [0.2, 0.25) is 6.79 Å². The molecule has 0 aliphatic carbocycles. The molecule has 0 spiro atoms. The van der Waals surface area contributed by atoms with E-state index in [-0.39, 0.29) is 25.2 Å². The van der Waals surface area contributed by atoms with Crippen LogP contribution >= 0.6 is 0 Å². The van der Waals surface area contributed by atoms with Crippen LogP contribution in [-0.4, -0.2) is 51.5 Å². The van der Waals surface area contributed by atoms with E-state index in [1.807, 2.05) is 19.1 Å². The van der Waals surface area contributed by atoms with Crippen molar-refractivity contribution in [3.05, 3.63) is 41.7 Å². The van der Waals surface area contributed by atoms with Gasteiger partial charge in [0.05, 0.1) is 17.7 Å². The van der Waals surface area contributed by atoms with Crippen molar-refractivity contribution in [2.75, 3.05) is 19.9 Å². The first-order chi connectivity index (χ1) is 12.6. The van der Waals surface area contributed by atoms with Crippen LogP contribution < -0.4 is 9.47 Å². The van der Waals surface area contributed by atoms with Crippen LogP contribution in [0.5, 0.6) is 11.5 Å². The molecule has 1 N–H and O–H groups in total. The van der Waals surface area contributed by atoms with Gasteiger partial charge >= 0.3 is 5.97 Å². The molecule has 3 heterocycles. The monoisotopic (exact) mass is 357 g/mol. The normalized spacial score (nSPS) is 21.2. The summed E-state index contributed by atoms with van der Waals surface area (Å²) in [6, 6.07) is 5.44. The highest BCUT2D eigenvalue weighted by Gasteiger charge is 2.41. The van der Waals surface area contributed by atoms with Crippen LogP contribution in [0.3, 0.4) is 0 Å². The van der Waals surface area contributed by atoms with Crippen LogP contribution in [0.2, 0.25) is 0 Å². The van der Waals surface area contributed by atoms with Gasteiger partial charge < -0.3 is 19.5 Å². The number of amides is 1. The molecule has 1 amide bonds. The third-order valence-electron chi connectivity index (χ3n) is 4.95. The molecule has 2 atom stereocenters. The van der Waals surface area contributed by atoms with Gasteiger partial charge in [-0.3, -0.25) is 14.3 Å². The number of likely N-dealkylation sites (tertiary alicyclic amines) is 1. The minimum absolute atomic E-state index is 0.165. The van der Waals surface area contributed by atoms with E-state index in [1.54, 1.807) is 21.8 Å². The second-order valence-electron chi connectivity index (χ2n) is 6.46. The lowest BCUT2D eigenvalue weighted by Gasteiger charge is -2.16. The minimum Gasteiger partial charge on any atom is -0.481 e. The summed E-state index contributed by atoms with van der Waals surface area (Å²) in [4.78, 5) is 26.1. The molecule has 2 aliphatic rings. The van der Waals surface area contributed by atoms with Gasteiger partial charge in [-0.05, 0) is 24.6 Å². The second kappa shape index (κ2) is 6.36. The van der Waals surface area contributed by atoms with Gasteiger partial charge in [0.1, 0.15) is 0 Å². The Morgan fingerprint density at radius 3 is 2.81 bits per heavy atom. The van der Waals surface area contributed by atoms with Gasteiger partial charge in [-0.2, -0.15) is 5.10 Å². The van der Waals surface area contributed by atoms with Crippen molar-refractivity contribution in [2.45, 2.75) is 19.4 Å². The molecule has 26 heavy (non-hydrogen) atoms. The first-order valence-electron chi connectivity index (χ1n) is 8.51. The SMILES string of the molecule is CCn1cc(C(=O)N2C[C@@H](C(=O)O)[C@H](c3ccc4c(c3)OCO4)C2)cn1. The average Bonchev–Trinajstić information content (AvgIpc) is 3.38. The third kappa shape index (κ3) is 2.77. The zero-order valence-electron chi connectivity index (χ0n) is 14.3. The summed E-state index contributed by atoms with van der Waals surface area (Å²) in [6.45, 7) is 3.28. The summed E-state index contributed by atoms with van der Waals surface area (Å²) < 4.78 is 12.4. The van der Waals surface area contributed by atoms with Crippen LogP contribution in [0.1, 0.15) is 28.8 Å². The number of carboxylic acid groups (broad SMARTS) is 1. The fraction of sp³-hybridized carbons (Fsp3) is 0.389. The van der Waals surface area contributed by atoms with E-state index in [0.717, 1.165) is 5.56 Å². The number of nitrogens with zero attached hydrogens (tertiary/aromatic N) is 3. The van der Waals surface area contributed by atoms with Gasteiger partial charge in [0.25, 0.3) is 5.91 Å². The molecular formula is C18H19N3O5. The fourth-order valence-corrected chi connectivity index (χ4v) is 3.53. The molecule has 136 valence electrons. The Bertz CT molecular complexity index is 862. The molecule has 4 rings (SSSR count). The first-order valence-corrected chi connectivity index (χ1v) is 8.51. The van der Waals surface area contributed by atoms with Gasteiger partial charge in [0.15, 0.2) is 11.5 Å². The molecule has 1 aromatic heterocycles. The van der Waals surface area contributed by atoms with Crippen LogP contribution in [0.15, 0.2) is 30.6 Å². The predicted molar refractivity (Wildman–Crippen MR) is 90.2 cm³/mol. The van der Waals surface area contributed by atoms with Gasteiger partial charge in [0, 0.05) is 31.7 Å². The van der Waals surface area contributed by atoms with Crippen LogP contribution in [0.25, 0.3) is 0 Å². The van der Waals surface area contributed by atoms with Crippen molar-refractivity contribution in [2.24, 2.45) is 5.92 Å². The standard InChI is InChI=1S/C18H19N3O5/c1-2-21-7-12(6-19-21)17(22)20-8-13(14(9-20)18(23)24)11-3-4-15-16(5-11)26-10-25-15/h3-7,13-14H,2,8-10H2,1H3,(H,23,24)/t13-,14+/m0/s1. The fourth-order valence-electron chi connectivity index (χ4n) is 3.53. The van der Waals surface area contributed by atoms with Gasteiger partial charge in [-0.25, -0.2) is 0 Å². The number of benzene rings is 1. The number of aryl methyl sites for hydroxylation is 1. The molecule has 0 unspecified atom stereocenters.